The van der Waals surface area contributed by atoms with Crippen molar-refractivity contribution in [2.24, 2.45) is 5.41 Å². The molecule has 2 rings (SSSR count). The molecule has 0 aliphatic carbocycles. The van der Waals surface area contributed by atoms with Gasteiger partial charge in [-0.3, -0.25) is 9.69 Å². The Morgan fingerprint density at radius 3 is 2.86 bits per heavy atom. The summed E-state index contributed by atoms with van der Waals surface area (Å²) in [5.74, 6) is -0.181. The number of benzene rings is 1. The highest BCUT2D eigenvalue weighted by molar-refractivity contribution is 5.70. The molecule has 1 saturated heterocycles. The third kappa shape index (κ3) is 4.57. The van der Waals surface area contributed by atoms with Gasteiger partial charge in [-0.1, -0.05) is 30.3 Å². The molecule has 0 radical (unpaired) electrons. The standard InChI is InChI=1S/C18H24N2O2/c1-2-22-17(21)13-18(10-11-19)9-6-12-20(15-18)14-16-7-4-3-5-8-16/h3-5,7-8H,2,6,9-10,12-15H2,1H3. The molecule has 1 fully saturated rings. The second-order valence-electron chi connectivity index (χ2n) is 6.12. The van der Waals surface area contributed by atoms with E-state index in [1.807, 2.05) is 25.1 Å². The molecule has 0 amide bonds. The Bertz CT molecular complexity index is 524. The smallest absolute Gasteiger partial charge is 0.306 e. The van der Waals surface area contributed by atoms with Gasteiger partial charge in [0.2, 0.25) is 0 Å². The van der Waals surface area contributed by atoms with Gasteiger partial charge in [-0.15, -0.1) is 0 Å². The van der Waals surface area contributed by atoms with Crippen molar-refractivity contribution in [1.29, 1.82) is 5.26 Å². The lowest BCUT2D eigenvalue weighted by Gasteiger charge is -2.41. The first-order valence-corrected chi connectivity index (χ1v) is 7.96. The van der Waals surface area contributed by atoms with E-state index in [4.69, 9.17) is 4.74 Å². The second kappa shape index (κ2) is 7.95. The highest BCUT2D eigenvalue weighted by Crippen LogP contribution is 2.37. The third-order valence-electron chi connectivity index (χ3n) is 4.27. The molecule has 1 aromatic rings. The molecule has 1 aliphatic heterocycles. The van der Waals surface area contributed by atoms with Crippen LogP contribution in [0.1, 0.15) is 38.2 Å². The lowest BCUT2D eigenvalue weighted by molar-refractivity contribution is -0.147. The molecule has 0 saturated carbocycles. The molecule has 0 N–H and O–H groups in total. The maximum absolute atomic E-state index is 11.9. The highest BCUT2D eigenvalue weighted by atomic mass is 16.5. The molecule has 0 bridgehead atoms. The van der Waals surface area contributed by atoms with Crippen molar-refractivity contribution in [3.63, 3.8) is 0 Å². The van der Waals surface area contributed by atoms with Crippen molar-refractivity contribution in [3.05, 3.63) is 35.9 Å². The van der Waals surface area contributed by atoms with Gasteiger partial charge in [0.1, 0.15) is 0 Å². The van der Waals surface area contributed by atoms with Gasteiger partial charge < -0.3 is 4.74 Å². The summed E-state index contributed by atoms with van der Waals surface area (Å²) in [6.45, 7) is 4.89. The minimum Gasteiger partial charge on any atom is -0.466 e. The number of rotatable bonds is 6. The number of hydrogen-bond acceptors (Lipinski definition) is 4. The van der Waals surface area contributed by atoms with Crippen LogP contribution in [0.3, 0.4) is 0 Å². The summed E-state index contributed by atoms with van der Waals surface area (Å²) in [4.78, 5) is 14.3. The molecule has 4 heteroatoms. The molecule has 1 atom stereocenters. The van der Waals surface area contributed by atoms with Crippen molar-refractivity contribution in [1.82, 2.24) is 4.90 Å². The van der Waals surface area contributed by atoms with Crippen LogP contribution in [0.4, 0.5) is 0 Å². The number of ether oxygens (including phenoxy) is 1. The van der Waals surface area contributed by atoms with Crippen LogP contribution < -0.4 is 0 Å². The van der Waals surface area contributed by atoms with Gasteiger partial charge in [0, 0.05) is 24.9 Å². The van der Waals surface area contributed by atoms with E-state index < -0.39 is 0 Å². The van der Waals surface area contributed by atoms with Gasteiger partial charge in [-0.2, -0.15) is 5.26 Å². The highest BCUT2D eigenvalue weighted by Gasteiger charge is 2.37. The minimum atomic E-state index is -0.256. The summed E-state index contributed by atoms with van der Waals surface area (Å²) in [7, 11) is 0. The topological polar surface area (TPSA) is 53.3 Å². The van der Waals surface area contributed by atoms with E-state index in [-0.39, 0.29) is 11.4 Å². The van der Waals surface area contributed by atoms with Crippen molar-refractivity contribution in [2.75, 3.05) is 19.7 Å². The maximum Gasteiger partial charge on any atom is 0.306 e. The molecule has 4 nitrogen and oxygen atoms in total. The van der Waals surface area contributed by atoms with Crippen LogP contribution in [0, 0.1) is 16.7 Å². The second-order valence-corrected chi connectivity index (χ2v) is 6.12. The summed E-state index contributed by atoms with van der Waals surface area (Å²) < 4.78 is 5.10. The van der Waals surface area contributed by atoms with E-state index >= 15 is 0 Å². The summed E-state index contributed by atoms with van der Waals surface area (Å²) in [5, 5.41) is 9.18. The van der Waals surface area contributed by atoms with Gasteiger partial charge in [0.15, 0.2) is 0 Å². The molecule has 1 aromatic carbocycles. The fourth-order valence-electron chi connectivity index (χ4n) is 3.32. The Morgan fingerprint density at radius 1 is 1.41 bits per heavy atom. The van der Waals surface area contributed by atoms with Crippen LogP contribution in [0.5, 0.6) is 0 Å². The first kappa shape index (κ1) is 16.5. The number of esters is 1. The van der Waals surface area contributed by atoms with Crippen molar-refractivity contribution in [2.45, 2.75) is 39.2 Å². The van der Waals surface area contributed by atoms with Crippen LogP contribution in [-0.2, 0) is 16.1 Å². The predicted octanol–water partition coefficient (Wildman–Crippen LogP) is 3.14. The zero-order chi connectivity index (χ0) is 15.8. The quantitative estimate of drug-likeness (QED) is 0.757. The number of carbonyl (C=O) groups is 1. The Labute approximate surface area is 132 Å². The van der Waals surface area contributed by atoms with Gasteiger partial charge in [0.05, 0.1) is 19.1 Å². The van der Waals surface area contributed by atoms with E-state index in [1.165, 1.54) is 5.56 Å². The Hall–Kier alpha value is -1.86. The number of nitrogens with zero attached hydrogens (tertiary/aromatic N) is 2. The largest absolute Gasteiger partial charge is 0.466 e. The van der Waals surface area contributed by atoms with Crippen LogP contribution in [0.2, 0.25) is 0 Å². The lowest BCUT2D eigenvalue weighted by atomic mass is 9.74. The van der Waals surface area contributed by atoms with Gasteiger partial charge in [0.25, 0.3) is 0 Å². The van der Waals surface area contributed by atoms with E-state index in [1.54, 1.807) is 0 Å². The number of piperidine rings is 1. The van der Waals surface area contributed by atoms with Crippen LogP contribution >= 0.6 is 0 Å². The zero-order valence-electron chi connectivity index (χ0n) is 13.3. The van der Waals surface area contributed by atoms with E-state index in [9.17, 15) is 10.1 Å². The Morgan fingerprint density at radius 2 is 2.18 bits per heavy atom. The summed E-state index contributed by atoms with van der Waals surface area (Å²) >= 11 is 0. The summed E-state index contributed by atoms with van der Waals surface area (Å²) in [5.41, 5.74) is 1.01. The van der Waals surface area contributed by atoms with Crippen LogP contribution in [0.25, 0.3) is 0 Å². The number of nitriles is 1. The Balaban J connectivity index is 2.04. The number of hydrogen-bond donors (Lipinski definition) is 0. The fourth-order valence-corrected chi connectivity index (χ4v) is 3.32. The molecule has 1 heterocycles. The lowest BCUT2D eigenvalue weighted by Crippen LogP contribution is -2.44. The molecular formula is C18H24N2O2. The normalized spacial score (nSPS) is 22.0. The summed E-state index contributed by atoms with van der Waals surface area (Å²) in [6.07, 6.45) is 2.70. The molecule has 1 unspecified atom stereocenters. The molecule has 118 valence electrons. The zero-order valence-corrected chi connectivity index (χ0v) is 13.3. The molecule has 22 heavy (non-hydrogen) atoms. The molecule has 0 aromatic heterocycles. The van der Waals surface area contributed by atoms with Gasteiger partial charge in [-0.25, -0.2) is 0 Å². The van der Waals surface area contributed by atoms with Crippen LogP contribution in [-0.4, -0.2) is 30.6 Å². The molecule has 1 aliphatic rings. The number of likely N-dealkylation sites (tertiary alicyclic amines) is 1. The van der Waals surface area contributed by atoms with E-state index in [0.29, 0.717) is 19.4 Å². The van der Waals surface area contributed by atoms with Gasteiger partial charge in [-0.05, 0) is 31.9 Å². The molecule has 0 spiro atoms. The third-order valence-corrected chi connectivity index (χ3v) is 4.27. The average Bonchev–Trinajstić information content (AvgIpc) is 2.49. The van der Waals surface area contributed by atoms with E-state index in [0.717, 1.165) is 32.5 Å². The Kier molecular flexibility index (Phi) is 5.97. The van der Waals surface area contributed by atoms with Crippen molar-refractivity contribution < 1.29 is 9.53 Å². The fraction of sp³-hybridized carbons (Fsp3) is 0.556. The summed E-state index contributed by atoms with van der Waals surface area (Å²) in [6, 6.07) is 12.6. The monoisotopic (exact) mass is 300 g/mol. The number of carbonyl (C=O) groups excluding carboxylic acids is 1. The van der Waals surface area contributed by atoms with Crippen molar-refractivity contribution >= 4 is 5.97 Å². The minimum absolute atomic E-state index is 0.181. The van der Waals surface area contributed by atoms with Gasteiger partial charge >= 0.3 is 5.97 Å². The van der Waals surface area contributed by atoms with Crippen molar-refractivity contribution in [3.8, 4) is 6.07 Å². The maximum atomic E-state index is 11.9. The van der Waals surface area contributed by atoms with E-state index in [2.05, 4.69) is 23.1 Å². The first-order valence-electron chi connectivity index (χ1n) is 7.96. The predicted molar refractivity (Wildman–Crippen MR) is 84.9 cm³/mol. The van der Waals surface area contributed by atoms with Crippen LogP contribution in [0.15, 0.2) is 30.3 Å². The SMILES string of the molecule is CCOC(=O)CC1(CC#N)CCCN(Cc2ccccc2)C1. The first-order chi connectivity index (χ1) is 10.7. The average molecular weight is 300 g/mol. The molecular weight excluding hydrogens is 276 g/mol.